The van der Waals surface area contributed by atoms with Crippen LogP contribution in [0.2, 0.25) is 0 Å². The molecule has 0 saturated carbocycles. The first-order valence-electron chi connectivity index (χ1n) is 6.41. The second-order valence-corrected chi connectivity index (χ2v) is 5.27. The number of nitrogens with zero attached hydrogens (tertiary/aromatic N) is 3. The molecule has 1 aromatic heterocycles. The Morgan fingerprint density at radius 2 is 2.30 bits per heavy atom. The molecule has 0 aromatic carbocycles. The minimum atomic E-state index is -0.502. The van der Waals surface area contributed by atoms with E-state index in [9.17, 15) is 9.59 Å². The van der Waals surface area contributed by atoms with E-state index in [1.165, 1.54) is 7.11 Å². The van der Waals surface area contributed by atoms with Gasteiger partial charge in [-0.15, -0.1) is 0 Å². The van der Waals surface area contributed by atoms with Crippen LogP contribution in [0.25, 0.3) is 0 Å². The molecular weight excluding hydrogens is 328 g/mol. The molecule has 0 amide bonds. The monoisotopic (exact) mass is 344 g/mol. The molecule has 1 N–H and O–H groups in total. The lowest BCUT2D eigenvalue weighted by Crippen LogP contribution is -2.33. The summed E-state index contributed by atoms with van der Waals surface area (Å²) in [5.41, 5.74) is 0.435. The molecule has 0 unspecified atom stereocenters. The van der Waals surface area contributed by atoms with Gasteiger partial charge >= 0.3 is 5.97 Å². The molecule has 7 nitrogen and oxygen atoms in total. The van der Waals surface area contributed by atoms with Crippen molar-refractivity contribution in [1.82, 2.24) is 15.1 Å². The predicted octanol–water partition coefficient (Wildman–Crippen LogP) is -0.0215. The normalized spacial score (nSPS) is 15.8. The molecule has 1 fully saturated rings. The number of anilines is 1. The highest BCUT2D eigenvalue weighted by Gasteiger charge is 2.17. The lowest BCUT2D eigenvalue weighted by Gasteiger charge is -2.23. The fourth-order valence-corrected chi connectivity index (χ4v) is 2.62. The van der Waals surface area contributed by atoms with Gasteiger partial charge in [-0.3, -0.25) is 9.59 Å². The van der Waals surface area contributed by atoms with Crippen molar-refractivity contribution in [1.29, 1.82) is 0 Å². The Morgan fingerprint density at radius 1 is 1.50 bits per heavy atom. The van der Waals surface area contributed by atoms with Crippen molar-refractivity contribution in [2.45, 2.75) is 13.0 Å². The van der Waals surface area contributed by atoms with E-state index in [-0.39, 0.29) is 12.1 Å². The molecule has 0 bridgehead atoms. The maximum absolute atomic E-state index is 12.2. The maximum Gasteiger partial charge on any atom is 0.327 e. The third-order valence-electron chi connectivity index (χ3n) is 3.15. The van der Waals surface area contributed by atoms with Gasteiger partial charge in [0.15, 0.2) is 0 Å². The molecule has 1 saturated heterocycles. The summed E-state index contributed by atoms with van der Waals surface area (Å²) < 4.78 is 6.06. The number of ether oxygens (including phenoxy) is 1. The van der Waals surface area contributed by atoms with Crippen LogP contribution in [0.5, 0.6) is 0 Å². The van der Waals surface area contributed by atoms with Gasteiger partial charge < -0.3 is 15.0 Å². The van der Waals surface area contributed by atoms with Crippen molar-refractivity contribution in [3.05, 3.63) is 21.0 Å². The highest BCUT2D eigenvalue weighted by molar-refractivity contribution is 9.10. The molecule has 20 heavy (non-hydrogen) atoms. The summed E-state index contributed by atoms with van der Waals surface area (Å²) in [5.74, 6) is -0.502. The van der Waals surface area contributed by atoms with Gasteiger partial charge in [-0.1, -0.05) is 0 Å². The Kier molecular flexibility index (Phi) is 5.13. The number of rotatable bonds is 3. The Bertz CT molecular complexity index is 538. The molecule has 0 aliphatic carbocycles. The van der Waals surface area contributed by atoms with Gasteiger partial charge in [0.05, 0.1) is 19.0 Å². The summed E-state index contributed by atoms with van der Waals surface area (Å²) in [6.07, 6.45) is 2.62. The van der Waals surface area contributed by atoms with E-state index < -0.39 is 5.97 Å². The first-order valence-corrected chi connectivity index (χ1v) is 7.21. The van der Waals surface area contributed by atoms with Crippen LogP contribution in [-0.4, -0.2) is 49.0 Å². The molecule has 1 aliphatic heterocycles. The summed E-state index contributed by atoms with van der Waals surface area (Å²) in [6.45, 7) is 3.35. The van der Waals surface area contributed by atoms with Crippen LogP contribution < -0.4 is 15.8 Å². The van der Waals surface area contributed by atoms with Crippen molar-refractivity contribution in [2.75, 3.05) is 38.2 Å². The number of methoxy groups -OCH3 is 1. The summed E-state index contributed by atoms with van der Waals surface area (Å²) >= 11 is 3.32. The Morgan fingerprint density at radius 3 is 3.05 bits per heavy atom. The molecular formula is C12H17BrN4O3. The largest absolute Gasteiger partial charge is 0.468 e. The molecule has 0 atom stereocenters. The van der Waals surface area contributed by atoms with E-state index in [0.717, 1.165) is 43.0 Å². The highest BCUT2D eigenvalue weighted by Crippen LogP contribution is 2.21. The molecule has 2 heterocycles. The summed E-state index contributed by atoms with van der Waals surface area (Å²) in [6, 6.07) is 0. The number of esters is 1. The molecule has 2 rings (SSSR count). The Balaban J connectivity index is 2.25. The third-order valence-corrected chi connectivity index (χ3v) is 3.90. The van der Waals surface area contributed by atoms with Crippen molar-refractivity contribution in [3.63, 3.8) is 0 Å². The van der Waals surface area contributed by atoms with Crippen molar-refractivity contribution >= 4 is 27.6 Å². The molecule has 1 aromatic rings. The quantitative estimate of drug-likeness (QED) is 0.776. The fourth-order valence-electron chi connectivity index (χ4n) is 2.06. The SMILES string of the molecule is COC(=O)Cn1ncc(N2CCCNCC2)c(Br)c1=O. The average molecular weight is 345 g/mol. The van der Waals surface area contributed by atoms with Crippen LogP contribution in [0.15, 0.2) is 15.5 Å². The van der Waals surface area contributed by atoms with Crippen LogP contribution >= 0.6 is 15.9 Å². The van der Waals surface area contributed by atoms with Crippen molar-refractivity contribution < 1.29 is 9.53 Å². The number of halogens is 1. The van der Waals surface area contributed by atoms with Crippen LogP contribution in [0.1, 0.15) is 6.42 Å². The third kappa shape index (κ3) is 3.37. The second kappa shape index (κ2) is 6.85. The number of carbonyl (C=O) groups is 1. The van der Waals surface area contributed by atoms with Gasteiger partial charge in [-0.25, -0.2) is 4.68 Å². The molecule has 1 aliphatic rings. The van der Waals surface area contributed by atoms with E-state index in [4.69, 9.17) is 0 Å². The van der Waals surface area contributed by atoms with E-state index in [2.05, 4.69) is 36.0 Å². The summed E-state index contributed by atoms with van der Waals surface area (Å²) in [5, 5.41) is 7.35. The lowest BCUT2D eigenvalue weighted by atomic mass is 10.3. The first-order chi connectivity index (χ1) is 9.63. The van der Waals surface area contributed by atoms with E-state index in [1.54, 1.807) is 6.20 Å². The molecule has 8 heteroatoms. The van der Waals surface area contributed by atoms with Gasteiger partial charge in [0, 0.05) is 19.6 Å². The van der Waals surface area contributed by atoms with Gasteiger partial charge in [0.1, 0.15) is 11.0 Å². The van der Waals surface area contributed by atoms with E-state index in [1.807, 2.05) is 0 Å². The number of aromatic nitrogens is 2. The Hall–Kier alpha value is -1.41. The maximum atomic E-state index is 12.2. The summed E-state index contributed by atoms with van der Waals surface area (Å²) in [7, 11) is 1.28. The topological polar surface area (TPSA) is 76.5 Å². The van der Waals surface area contributed by atoms with Gasteiger partial charge in [0.2, 0.25) is 0 Å². The zero-order valence-corrected chi connectivity index (χ0v) is 12.9. The van der Waals surface area contributed by atoms with Gasteiger partial charge in [0.25, 0.3) is 5.56 Å². The minimum absolute atomic E-state index is 0.185. The second-order valence-electron chi connectivity index (χ2n) is 4.47. The van der Waals surface area contributed by atoms with Crippen molar-refractivity contribution in [2.24, 2.45) is 0 Å². The standard InChI is InChI=1S/C12H17BrN4O3/c1-20-10(18)8-17-12(19)11(13)9(7-15-17)16-5-2-3-14-4-6-16/h7,14H,2-6,8H2,1H3. The fraction of sp³-hybridized carbons (Fsp3) is 0.583. The molecule has 0 radical (unpaired) electrons. The zero-order valence-electron chi connectivity index (χ0n) is 11.3. The number of hydrogen-bond acceptors (Lipinski definition) is 6. The van der Waals surface area contributed by atoms with Crippen LogP contribution in [0.3, 0.4) is 0 Å². The number of hydrogen-bond donors (Lipinski definition) is 1. The first kappa shape index (κ1) is 15.0. The predicted molar refractivity (Wildman–Crippen MR) is 77.9 cm³/mol. The van der Waals surface area contributed by atoms with Crippen LogP contribution in [0, 0.1) is 0 Å². The minimum Gasteiger partial charge on any atom is -0.468 e. The number of carbonyl (C=O) groups excluding carboxylic acids is 1. The highest BCUT2D eigenvalue weighted by atomic mass is 79.9. The van der Waals surface area contributed by atoms with Crippen LogP contribution in [0.4, 0.5) is 5.69 Å². The molecule has 0 spiro atoms. The zero-order chi connectivity index (χ0) is 14.5. The van der Waals surface area contributed by atoms with Crippen molar-refractivity contribution in [3.8, 4) is 0 Å². The average Bonchev–Trinajstić information content (AvgIpc) is 2.73. The van der Waals surface area contributed by atoms with E-state index in [0.29, 0.717) is 4.47 Å². The molecule has 110 valence electrons. The van der Waals surface area contributed by atoms with Gasteiger partial charge in [-0.2, -0.15) is 5.10 Å². The smallest absolute Gasteiger partial charge is 0.327 e. The summed E-state index contributed by atoms with van der Waals surface area (Å²) in [4.78, 5) is 25.5. The number of nitrogens with one attached hydrogen (secondary N) is 1. The van der Waals surface area contributed by atoms with Crippen LogP contribution in [-0.2, 0) is 16.1 Å². The van der Waals surface area contributed by atoms with E-state index >= 15 is 0 Å². The Labute approximate surface area is 125 Å². The van der Waals surface area contributed by atoms with Gasteiger partial charge in [-0.05, 0) is 28.9 Å². The lowest BCUT2D eigenvalue weighted by molar-refractivity contribution is -0.141.